The Bertz CT molecular complexity index is 795. The molecule has 0 aromatic carbocycles. The first-order chi connectivity index (χ1) is 13.2. The van der Waals surface area contributed by atoms with E-state index in [0.717, 1.165) is 6.07 Å². The molecule has 2 atom stereocenters. The van der Waals surface area contributed by atoms with Gasteiger partial charge in [0, 0.05) is 24.5 Å². The first-order valence-corrected chi connectivity index (χ1v) is 8.89. The number of Topliss-reactive ketones (excluding diaryl/α,β-unsaturated/α-hetero) is 2. The number of aromatic nitrogens is 1. The lowest BCUT2D eigenvalue weighted by molar-refractivity contribution is -0.141. The number of aliphatic hydroxyl groups is 1. The molecule has 0 saturated heterocycles. The molecular formula is C20H24F3NO5. The van der Waals surface area contributed by atoms with E-state index < -0.39 is 29.2 Å². The van der Waals surface area contributed by atoms with E-state index in [4.69, 9.17) is 9.47 Å². The number of hydrogen-bond acceptors (Lipinski definition) is 6. The number of rotatable bonds is 6. The van der Waals surface area contributed by atoms with Crippen molar-refractivity contribution < 1.29 is 37.3 Å². The molecule has 160 valence electrons. The third-order valence-corrected chi connectivity index (χ3v) is 5.09. The highest BCUT2D eigenvalue weighted by Gasteiger charge is 2.45. The van der Waals surface area contributed by atoms with E-state index in [9.17, 15) is 27.9 Å². The average Bonchev–Trinajstić information content (AvgIpc) is 3.10. The molecule has 2 aliphatic carbocycles. The van der Waals surface area contributed by atoms with Crippen LogP contribution in [0.2, 0.25) is 0 Å². The van der Waals surface area contributed by atoms with Crippen molar-refractivity contribution in [3.8, 4) is 0 Å². The van der Waals surface area contributed by atoms with Crippen molar-refractivity contribution >= 4 is 17.3 Å². The standard InChI is InChI=1S/C19H20F3NO5.CH4/c1-27-6-7-28-9-13-12(4-5-14(23-13)19(20,21)22)18(26)15-16(24)10-2-3-11(8-10)17(15)25;/h4-5,10-11,26H,2-3,6-9H2,1H3;1H4. The van der Waals surface area contributed by atoms with Crippen LogP contribution in [0.15, 0.2) is 17.7 Å². The topological polar surface area (TPSA) is 85.7 Å². The van der Waals surface area contributed by atoms with Crippen molar-refractivity contribution in [3.63, 3.8) is 0 Å². The normalized spacial score (nSPS) is 21.3. The summed E-state index contributed by atoms with van der Waals surface area (Å²) in [5.74, 6) is -2.20. The van der Waals surface area contributed by atoms with Crippen LogP contribution in [0.1, 0.15) is 43.6 Å². The smallest absolute Gasteiger partial charge is 0.433 e. The van der Waals surface area contributed by atoms with Crippen LogP contribution >= 0.6 is 0 Å². The quantitative estimate of drug-likeness (QED) is 0.330. The number of aliphatic hydroxyl groups excluding tert-OH is 1. The van der Waals surface area contributed by atoms with E-state index in [1.165, 1.54) is 7.11 Å². The minimum atomic E-state index is -4.68. The highest BCUT2D eigenvalue weighted by Crippen LogP contribution is 2.42. The average molecular weight is 415 g/mol. The number of ketones is 2. The van der Waals surface area contributed by atoms with Crippen molar-refractivity contribution in [2.45, 2.75) is 39.5 Å². The Morgan fingerprint density at radius 1 is 1.17 bits per heavy atom. The number of ether oxygens (including phenoxy) is 2. The zero-order valence-corrected chi connectivity index (χ0v) is 15.2. The van der Waals surface area contributed by atoms with Crippen LogP contribution in [0, 0.1) is 11.8 Å². The maximum absolute atomic E-state index is 13.0. The van der Waals surface area contributed by atoms with Crippen molar-refractivity contribution in [3.05, 3.63) is 34.7 Å². The monoisotopic (exact) mass is 415 g/mol. The van der Waals surface area contributed by atoms with Crippen LogP contribution < -0.4 is 0 Å². The first-order valence-electron chi connectivity index (χ1n) is 8.89. The fourth-order valence-corrected chi connectivity index (χ4v) is 3.65. The minimum Gasteiger partial charge on any atom is -0.506 e. The van der Waals surface area contributed by atoms with Crippen LogP contribution in [-0.2, 0) is 31.8 Å². The summed E-state index contributed by atoms with van der Waals surface area (Å²) in [5.41, 5.74) is -1.79. The number of halogens is 3. The zero-order chi connectivity index (χ0) is 20.5. The summed E-state index contributed by atoms with van der Waals surface area (Å²) in [6.45, 7) is -0.00982. The number of hydrogen-bond donors (Lipinski definition) is 1. The second kappa shape index (κ2) is 9.04. The Kier molecular flexibility index (Phi) is 7.18. The largest absolute Gasteiger partial charge is 0.506 e. The highest BCUT2D eigenvalue weighted by atomic mass is 19.4. The second-order valence-electron chi connectivity index (χ2n) is 6.89. The summed E-state index contributed by atoms with van der Waals surface area (Å²) in [4.78, 5) is 28.7. The van der Waals surface area contributed by atoms with Gasteiger partial charge in [0.05, 0.1) is 25.5 Å². The zero-order valence-electron chi connectivity index (χ0n) is 15.2. The maximum Gasteiger partial charge on any atom is 0.433 e. The molecule has 2 unspecified atom stereocenters. The van der Waals surface area contributed by atoms with Crippen molar-refractivity contribution in [2.75, 3.05) is 20.3 Å². The molecule has 0 amide bonds. The van der Waals surface area contributed by atoms with Gasteiger partial charge >= 0.3 is 6.18 Å². The van der Waals surface area contributed by atoms with Gasteiger partial charge in [-0.2, -0.15) is 13.2 Å². The van der Waals surface area contributed by atoms with Crippen LogP contribution in [-0.4, -0.2) is 42.0 Å². The molecule has 1 aromatic heterocycles. The molecule has 0 spiro atoms. The molecule has 1 heterocycles. The summed E-state index contributed by atoms with van der Waals surface area (Å²) in [5, 5.41) is 10.7. The molecule has 29 heavy (non-hydrogen) atoms. The molecule has 6 nitrogen and oxygen atoms in total. The third-order valence-electron chi connectivity index (χ3n) is 5.09. The van der Waals surface area contributed by atoms with Crippen LogP contribution in [0.5, 0.6) is 0 Å². The summed E-state index contributed by atoms with van der Waals surface area (Å²) in [6.07, 6.45) is -3.07. The second-order valence-corrected chi connectivity index (χ2v) is 6.89. The third kappa shape index (κ3) is 4.67. The number of nitrogens with zero attached hydrogens (tertiary/aromatic N) is 1. The molecule has 2 aliphatic rings. The van der Waals surface area contributed by atoms with Gasteiger partial charge in [0.2, 0.25) is 0 Å². The Morgan fingerprint density at radius 2 is 1.79 bits per heavy atom. The van der Waals surface area contributed by atoms with Gasteiger partial charge < -0.3 is 14.6 Å². The van der Waals surface area contributed by atoms with E-state index in [1.54, 1.807) is 0 Å². The van der Waals surface area contributed by atoms with Gasteiger partial charge in [0.1, 0.15) is 17.0 Å². The van der Waals surface area contributed by atoms with E-state index in [0.29, 0.717) is 25.3 Å². The summed E-state index contributed by atoms with van der Waals surface area (Å²) in [7, 11) is 1.45. The number of allylic oxidation sites excluding steroid dienone is 1. The van der Waals surface area contributed by atoms with Gasteiger partial charge in [-0.15, -0.1) is 0 Å². The lowest BCUT2D eigenvalue weighted by atomic mass is 9.81. The number of carbonyl (C=O) groups excluding carboxylic acids is 2. The molecule has 0 aliphatic heterocycles. The molecule has 2 saturated carbocycles. The Balaban J connectivity index is 0.00000300. The highest BCUT2D eigenvalue weighted by molar-refractivity contribution is 6.27. The van der Waals surface area contributed by atoms with Crippen LogP contribution in [0.3, 0.4) is 0 Å². The summed E-state index contributed by atoms with van der Waals surface area (Å²) >= 11 is 0. The molecule has 3 rings (SSSR count). The fourth-order valence-electron chi connectivity index (χ4n) is 3.65. The molecule has 2 bridgehead atoms. The van der Waals surface area contributed by atoms with Crippen molar-refractivity contribution in [1.82, 2.24) is 4.98 Å². The van der Waals surface area contributed by atoms with Gasteiger partial charge in [-0.3, -0.25) is 9.59 Å². The summed E-state index contributed by atoms with van der Waals surface area (Å²) in [6, 6.07) is 1.72. The van der Waals surface area contributed by atoms with E-state index in [2.05, 4.69) is 4.98 Å². The summed E-state index contributed by atoms with van der Waals surface area (Å²) < 4.78 is 49.2. The number of fused-ring (bicyclic) bond motifs is 2. The Labute approximate surface area is 166 Å². The number of carbonyl (C=O) groups is 2. The minimum absolute atomic E-state index is 0. The lowest BCUT2D eigenvalue weighted by Gasteiger charge is -2.21. The van der Waals surface area contributed by atoms with Gasteiger partial charge in [-0.1, -0.05) is 7.43 Å². The predicted octanol–water partition coefficient (Wildman–Crippen LogP) is 3.74. The first kappa shape index (κ1) is 23.0. The van der Waals surface area contributed by atoms with Crippen LogP contribution in [0.4, 0.5) is 13.2 Å². The van der Waals surface area contributed by atoms with E-state index in [1.807, 2.05) is 0 Å². The van der Waals surface area contributed by atoms with Crippen LogP contribution in [0.25, 0.3) is 5.76 Å². The number of alkyl halides is 3. The fraction of sp³-hybridized carbons (Fsp3) is 0.550. The van der Waals surface area contributed by atoms with E-state index >= 15 is 0 Å². The lowest BCUT2D eigenvalue weighted by Crippen LogP contribution is -2.30. The van der Waals surface area contributed by atoms with Gasteiger partial charge in [-0.25, -0.2) is 4.98 Å². The number of methoxy groups -OCH3 is 1. The van der Waals surface area contributed by atoms with Gasteiger partial charge in [0.25, 0.3) is 0 Å². The van der Waals surface area contributed by atoms with Gasteiger partial charge in [-0.05, 0) is 31.4 Å². The van der Waals surface area contributed by atoms with Crippen molar-refractivity contribution in [1.29, 1.82) is 0 Å². The molecule has 1 aromatic rings. The molecule has 0 radical (unpaired) electrons. The predicted molar refractivity (Wildman–Crippen MR) is 97.9 cm³/mol. The van der Waals surface area contributed by atoms with Crippen molar-refractivity contribution in [2.24, 2.45) is 11.8 Å². The molecule has 1 N–H and O–H groups in total. The molecule has 2 fully saturated rings. The van der Waals surface area contributed by atoms with Gasteiger partial charge in [0.15, 0.2) is 11.6 Å². The molecular weight excluding hydrogens is 391 g/mol. The Hall–Kier alpha value is -2.26. The van der Waals surface area contributed by atoms with E-state index in [-0.39, 0.29) is 55.9 Å². The maximum atomic E-state index is 13.0. The SMILES string of the molecule is C.COCCOCc1nc(C(F)(F)F)ccc1C(O)=C1C(=O)C2CCC(C2)C1=O. The Morgan fingerprint density at radius 3 is 2.34 bits per heavy atom. The molecule has 9 heteroatoms. The number of pyridine rings is 1.